The number of hydrogen-bond donors (Lipinski definition) is 1. The third kappa shape index (κ3) is 5.02. The first-order valence-corrected chi connectivity index (χ1v) is 6.44. The Kier molecular flexibility index (Phi) is 5.26. The minimum atomic E-state index is 0.554. The first-order valence-electron chi connectivity index (χ1n) is 6.44. The van der Waals surface area contributed by atoms with Crippen LogP contribution in [-0.2, 0) is 11.2 Å². The van der Waals surface area contributed by atoms with Gasteiger partial charge in [-0.1, -0.05) is 30.3 Å². The van der Waals surface area contributed by atoms with Gasteiger partial charge in [0.25, 0.3) is 0 Å². The maximum absolute atomic E-state index is 5.60. The van der Waals surface area contributed by atoms with Gasteiger partial charge in [0.05, 0.1) is 13.2 Å². The Balaban J connectivity index is 1.56. The normalized spacial score (nSPS) is 10.3. The first kappa shape index (κ1) is 13.4. The fourth-order valence-electron chi connectivity index (χ4n) is 1.72. The highest BCUT2D eigenvalue weighted by Gasteiger charge is 1.95. The predicted molar refractivity (Wildman–Crippen MR) is 77.3 cm³/mol. The second-order valence-electron chi connectivity index (χ2n) is 4.27. The van der Waals surface area contributed by atoms with Gasteiger partial charge >= 0.3 is 0 Å². The van der Waals surface area contributed by atoms with Crippen LogP contribution >= 0.6 is 0 Å². The number of anilines is 1. The zero-order valence-corrected chi connectivity index (χ0v) is 10.9. The molecule has 0 heterocycles. The highest BCUT2D eigenvalue weighted by Crippen LogP contribution is 2.12. The second-order valence-corrected chi connectivity index (χ2v) is 4.27. The largest absolute Gasteiger partial charge is 0.491 e. The zero-order chi connectivity index (χ0) is 13.3. The molecular formula is C16H19NO2. The Hall–Kier alpha value is -2.00. The van der Waals surface area contributed by atoms with Crippen molar-refractivity contribution in [2.24, 2.45) is 0 Å². The SMILES string of the molecule is Nc1ccc(OCCOCCc2ccccc2)cc1. The Bertz CT molecular complexity index is 468. The number of rotatable bonds is 7. The molecule has 0 amide bonds. The summed E-state index contributed by atoms with van der Waals surface area (Å²) in [4.78, 5) is 0. The lowest BCUT2D eigenvalue weighted by Crippen LogP contribution is -2.08. The summed E-state index contributed by atoms with van der Waals surface area (Å²) in [6, 6.07) is 17.7. The van der Waals surface area contributed by atoms with E-state index < -0.39 is 0 Å². The molecule has 100 valence electrons. The number of hydrogen-bond acceptors (Lipinski definition) is 3. The third-order valence-electron chi connectivity index (χ3n) is 2.75. The number of ether oxygens (including phenoxy) is 2. The van der Waals surface area contributed by atoms with E-state index in [1.165, 1.54) is 5.56 Å². The van der Waals surface area contributed by atoms with Crippen LogP contribution in [-0.4, -0.2) is 19.8 Å². The molecule has 2 aromatic rings. The van der Waals surface area contributed by atoms with Crippen LogP contribution in [0.3, 0.4) is 0 Å². The number of benzene rings is 2. The lowest BCUT2D eigenvalue weighted by Gasteiger charge is -2.07. The highest BCUT2D eigenvalue weighted by molar-refractivity contribution is 5.41. The molecule has 0 spiro atoms. The summed E-state index contributed by atoms with van der Waals surface area (Å²) in [7, 11) is 0. The second kappa shape index (κ2) is 7.44. The molecule has 0 radical (unpaired) electrons. The maximum atomic E-state index is 5.60. The lowest BCUT2D eigenvalue weighted by molar-refractivity contribution is 0.102. The Morgan fingerprint density at radius 1 is 0.789 bits per heavy atom. The molecule has 0 aromatic heterocycles. The van der Waals surface area contributed by atoms with Gasteiger partial charge in [-0.15, -0.1) is 0 Å². The first-order chi connectivity index (χ1) is 9.34. The van der Waals surface area contributed by atoms with Gasteiger partial charge in [0.1, 0.15) is 12.4 Å². The quantitative estimate of drug-likeness (QED) is 0.612. The van der Waals surface area contributed by atoms with E-state index in [0.717, 1.165) is 24.5 Å². The molecule has 2 rings (SSSR count). The van der Waals surface area contributed by atoms with Gasteiger partial charge in [0.15, 0.2) is 0 Å². The standard InChI is InChI=1S/C16H19NO2/c17-15-6-8-16(9-7-15)19-13-12-18-11-10-14-4-2-1-3-5-14/h1-9H,10-13,17H2. The fourth-order valence-corrected chi connectivity index (χ4v) is 1.72. The third-order valence-corrected chi connectivity index (χ3v) is 2.75. The van der Waals surface area contributed by atoms with E-state index in [1.54, 1.807) is 0 Å². The molecule has 19 heavy (non-hydrogen) atoms. The van der Waals surface area contributed by atoms with Crippen molar-refractivity contribution < 1.29 is 9.47 Å². The van der Waals surface area contributed by atoms with E-state index in [9.17, 15) is 0 Å². The van der Waals surface area contributed by atoms with Crippen molar-refractivity contribution >= 4 is 5.69 Å². The molecule has 2 aromatic carbocycles. The molecule has 0 unspecified atom stereocenters. The Morgan fingerprint density at radius 3 is 2.26 bits per heavy atom. The molecule has 0 fully saturated rings. The van der Waals surface area contributed by atoms with E-state index in [0.29, 0.717) is 13.2 Å². The zero-order valence-electron chi connectivity index (χ0n) is 10.9. The Labute approximate surface area is 114 Å². The van der Waals surface area contributed by atoms with Crippen molar-refractivity contribution in [1.82, 2.24) is 0 Å². The summed E-state index contributed by atoms with van der Waals surface area (Å²) in [5, 5.41) is 0. The van der Waals surface area contributed by atoms with E-state index in [1.807, 2.05) is 42.5 Å². The van der Waals surface area contributed by atoms with Gasteiger partial charge in [-0.05, 0) is 36.2 Å². The lowest BCUT2D eigenvalue weighted by atomic mass is 10.2. The van der Waals surface area contributed by atoms with Crippen LogP contribution in [0.1, 0.15) is 5.56 Å². The van der Waals surface area contributed by atoms with Gasteiger partial charge in [0, 0.05) is 5.69 Å². The van der Waals surface area contributed by atoms with E-state index >= 15 is 0 Å². The monoisotopic (exact) mass is 257 g/mol. The summed E-state index contributed by atoms with van der Waals surface area (Å²) in [5.74, 6) is 0.820. The average molecular weight is 257 g/mol. The minimum Gasteiger partial charge on any atom is -0.491 e. The van der Waals surface area contributed by atoms with Crippen molar-refractivity contribution in [2.75, 3.05) is 25.6 Å². The summed E-state index contributed by atoms with van der Waals surface area (Å²) in [6.45, 7) is 1.87. The van der Waals surface area contributed by atoms with Crippen molar-refractivity contribution in [3.05, 3.63) is 60.2 Å². The van der Waals surface area contributed by atoms with Gasteiger partial charge in [0.2, 0.25) is 0 Å². The average Bonchev–Trinajstić information content (AvgIpc) is 2.46. The topological polar surface area (TPSA) is 44.5 Å². The molecule has 0 saturated heterocycles. The van der Waals surface area contributed by atoms with Crippen LogP contribution in [0.5, 0.6) is 5.75 Å². The molecule has 0 bridgehead atoms. The molecule has 0 atom stereocenters. The van der Waals surface area contributed by atoms with Gasteiger partial charge in [-0.3, -0.25) is 0 Å². The molecule has 0 aliphatic carbocycles. The molecular weight excluding hydrogens is 238 g/mol. The molecule has 2 N–H and O–H groups in total. The van der Waals surface area contributed by atoms with Gasteiger partial charge in [-0.25, -0.2) is 0 Å². The minimum absolute atomic E-state index is 0.554. The van der Waals surface area contributed by atoms with Crippen LogP contribution < -0.4 is 10.5 Å². The molecule has 0 aliphatic rings. The van der Waals surface area contributed by atoms with Crippen LogP contribution in [0, 0.1) is 0 Å². The van der Waals surface area contributed by atoms with Gasteiger partial charge in [-0.2, -0.15) is 0 Å². The van der Waals surface area contributed by atoms with E-state index in [-0.39, 0.29) is 0 Å². The summed E-state index contributed by atoms with van der Waals surface area (Å²) in [5.41, 5.74) is 7.63. The van der Waals surface area contributed by atoms with Crippen LogP contribution in [0.4, 0.5) is 5.69 Å². The van der Waals surface area contributed by atoms with E-state index in [2.05, 4.69) is 12.1 Å². The van der Waals surface area contributed by atoms with Crippen molar-refractivity contribution in [1.29, 1.82) is 0 Å². The van der Waals surface area contributed by atoms with Crippen LogP contribution in [0.15, 0.2) is 54.6 Å². The van der Waals surface area contributed by atoms with Crippen molar-refractivity contribution in [3.63, 3.8) is 0 Å². The van der Waals surface area contributed by atoms with E-state index in [4.69, 9.17) is 15.2 Å². The maximum Gasteiger partial charge on any atom is 0.119 e. The molecule has 0 aliphatic heterocycles. The van der Waals surface area contributed by atoms with Crippen LogP contribution in [0.25, 0.3) is 0 Å². The highest BCUT2D eigenvalue weighted by atomic mass is 16.5. The number of nitrogens with two attached hydrogens (primary N) is 1. The number of nitrogen functional groups attached to an aromatic ring is 1. The van der Waals surface area contributed by atoms with Crippen molar-refractivity contribution in [3.8, 4) is 5.75 Å². The molecule has 3 nitrogen and oxygen atoms in total. The molecule has 0 saturated carbocycles. The predicted octanol–water partition coefficient (Wildman–Crippen LogP) is 2.91. The van der Waals surface area contributed by atoms with Crippen LogP contribution in [0.2, 0.25) is 0 Å². The Morgan fingerprint density at radius 2 is 1.53 bits per heavy atom. The fraction of sp³-hybridized carbons (Fsp3) is 0.250. The summed E-state index contributed by atoms with van der Waals surface area (Å²) in [6.07, 6.45) is 0.933. The smallest absolute Gasteiger partial charge is 0.119 e. The summed E-state index contributed by atoms with van der Waals surface area (Å²) >= 11 is 0. The van der Waals surface area contributed by atoms with Gasteiger partial charge < -0.3 is 15.2 Å². The van der Waals surface area contributed by atoms with Crippen molar-refractivity contribution in [2.45, 2.75) is 6.42 Å². The molecule has 3 heteroatoms. The summed E-state index contributed by atoms with van der Waals surface area (Å²) < 4.78 is 11.1.